The first-order valence-corrected chi connectivity index (χ1v) is 6.81. The van der Waals surface area contributed by atoms with Gasteiger partial charge in [-0.1, -0.05) is 0 Å². The van der Waals surface area contributed by atoms with Crippen molar-refractivity contribution in [2.45, 2.75) is 26.3 Å². The summed E-state index contributed by atoms with van der Waals surface area (Å²) in [6, 6.07) is 6.15. The molecule has 3 rings (SSSR count). The fraction of sp³-hybridized carbons (Fsp3) is 0.400. The van der Waals surface area contributed by atoms with Gasteiger partial charge in [0.2, 0.25) is 0 Å². The molecule has 0 radical (unpaired) electrons. The van der Waals surface area contributed by atoms with Gasteiger partial charge in [0.15, 0.2) is 0 Å². The van der Waals surface area contributed by atoms with Crippen LogP contribution in [0.25, 0.3) is 0 Å². The number of rotatable bonds is 4. The van der Waals surface area contributed by atoms with Crippen LogP contribution in [0.15, 0.2) is 35.1 Å². The minimum Gasteiger partial charge on any atom is -0.467 e. The number of aryl methyl sites for hydroxylation is 1. The summed E-state index contributed by atoms with van der Waals surface area (Å²) < 4.78 is 5.40. The Balaban J connectivity index is 1.61. The number of nitrogens with zero attached hydrogens (tertiary/aromatic N) is 2. The Morgan fingerprint density at radius 1 is 1.26 bits per heavy atom. The van der Waals surface area contributed by atoms with E-state index in [4.69, 9.17) is 4.42 Å². The van der Waals surface area contributed by atoms with Gasteiger partial charge in [0.25, 0.3) is 0 Å². The normalized spacial score (nSPS) is 14.9. The third-order valence-corrected chi connectivity index (χ3v) is 3.60. The van der Waals surface area contributed by atoms with Crippen molar-refractivity contribution in [3.8, 4) is 0 Å². The summed E-state index contributed by atoms with van der Waals surface area (Å²) >= 11 is 0. The predicted molar refractivity (Wildman–Crippen MR) is 76.5 cm³/mol. The molecular weight excluding hydrogens is 238 g/mol. The van der Waals surface area contributed by atoms with Crippen molar-refractivity contribution in [1.82, 2.24) is 4.98 Å². The van der Waals surface area contributed by atoms with Crippen LogP contribution in [0.1, 0.15) is 24.2 Å². The van der Waals surface area contributed by atoms with Crippen LogP contribution in [0.2, 0.25) is 0 Å². The van der Waals surface area contributed by atoms with Crippen molar-refractivity contribution in [2.24, 2.45) is 0 Å². The van der Waals surface area contributed by atoms with E-state index in [0.29, 0.717) is 6.54 Å². The molecule has 19 heavy (non-hydrogen) atoms. The zero-order valence-corrected chi connectivity index (χ0v) is 11.2. The molecule has 0 atom stereocenters. The van der Waals surface area contributed by atoms with E-state index in [1.54, 1.807) is 6.26 Å². The maximum atomic E-state index is 5.40. The standard InChI is InChI=1S/C15H19N3O/c1-12-6-9-19-14(12)11-16-13-4-5-15(17-10-13)18-7-2-3-8-18/h4-6,9-10,16H,2-3,7-8,11H2,1H3. The highest BCUT2D eigenvalue weighted by atomic mass is 16.3. The van der Waals surface area contributed by atoms with Gasteiger partial charge in [0.1, 0.15) is 11.6 Å². The first-order chi connectivity index (χ1) is 9.33. The third kappa shape index (κ3) is 2.72. The smallest absolute Gasteiger partial charge is 0.128 e. The molecule has 3 heterocycles. The summed E-state index contributed by atoms with van der Waals surface area (Å²) in [6.45, 7) is 5.01. The van der Waals surface area contributed by atoms with Gasteiger partial charge in [-0.05, 0) is 43.5 Å². The topological polar surface area (TPSA) is 41.3 Å². The molecule has 0 spiro atoms. The van der Waals surface area contributed by atoms with Crippen molar-refractivity contribution in [3.63, 3.8) is 0 Å². The zero-order chi connectivity index (χ0) is 13.1. The van der Waals surface area contributed by atoms with E-state index in [2.05, 4.69) is 34.3 Å². The highest BCUT2D eigenvalue weighted by Gasteiger charge is 2.12. The number of hydrogen-bond acceptors (Lipinski definition) is 4. The molecule has 0 aliphatic carbocycles. The van der Waals surface area contributed by atoms with Gasteiger partial charge in [0.05, 0.1) is 24.7 Å². The zero-order valence-electron chi connectivity index (χ0n) is 11.2. The van der Waals surface area contributed by atoms with Gasteiger partial charge >= 0.3 is 0 Å². The van der Waals surface area contributed by atoms with E-state index in [1.807, 2.05) is 12.3 Å². The lowest BCUT2D eigenvalue weighted by molar-refractivity contribution is 0.515. The summed E-state index contributed by atoms with van der Waals surface area (Å²) in [5, 5.41) is 3.33. The first kappa shape index (κ1) is 12.1. The molecule has 1 fully saturated rings. The monoisotopic (exact) mass is 257 g/mol. The number of aromatic nitrogens is 1. The summed E-state index contributed by atoms with van der Waals surface area (Å²) in [5.74, 6) is 2.06. The number of pyridine rings is 1. The fourth-order valence-electron chi connectivity index (χ4n) is 2.39. The van der Waals surface area contributed by atoms with Crippen LogP contribution < -0.4 is 10.2 Å². The lowest BCUT2D eigenvalue weighted by Gasteiger charge is -2.16. The Kier molecular flexibility index (Phi) is 3.40. The average molecular weight is 257 g/mol. The number of anilines is 2. The maximum Gasteiger partial charge on any atom is 0.128 e. The van der Waals surface area contributed by atoms with Crippen molar-refractivity contribution in [3.05, 3.63) is 42.0 Å². The molecular formula is C15H19N3O. The van der Waals surface area contributed by atoms with Gasteiger partial charge in [-0.25, -0.2) is 4.98 Å². The maximum absolute atomic E-state index is 5.40. The van der Waals surface area contributed by atoms with E-state index < -0.39 is 0 Å². The van der Waals surface area contributed by atoms with Gasteiger partial charge in [-0.15, -0.1) is 0 Å². The largest absolute Gasteiger partial charge is 0.467 e. The van der Waals surface area contributed by atoms with Crippen LogP contribution >= 0.6 is 0 Å². The SMILES string of the molecule is Cc1ccoc1CNc1ccc(N2CCCC2)nc1. The quantitative estimate of drug-likeness (QED) is 0.913. The van der Waals surface area contributed by atoms with E-state index >= 15 is 0 Å². The molecule has 0 unspecified atom stereocenters. The van der Waals surface area contributed by atoms with Crippen LogP contribution in [0.3, 0.4) is 0 Å². The van der Waals surface area contributed by atoms with Crippen LogP contribution in [-0.2, 0) is 6.54 Å². The number of furan rings is 1. The second-order valence-electron chi connectivity index (χ2n) is 4.98. The number of hydrogen-bond donors (Lipinski definition) is 1. The lowest BCUT2D eigenvalue weighted by Crippen LogP contribution is -2.18. The van der Waals surface area contributed by atoms with Crippen LogP contribution in [-0.4, -0.2) is 18.1 Å². The van der Waals surface area contributed by atoms with E-state index in [-0.39, 0.29) is 0 Å². The average Bonchev–Trinajstić information content (AvgIpc) is 3.09. The molecule has 1 N–H and O–H groups in total. The predicted octanol–water partition coefficient (Wildman–Crippen LogP) is 3.20. The summed E-state index contributed by atoms with van der Waals surface area (Å²) in [5.41, 5.74) is 2.20. The molecule has 0 saturated carbocycles. The second kappa shape index (κ2) is 5.34. The highest BCUT2D eigenvalue weighted by molar-refractivity contribution is 5.49. The van der Waals surface area contributed by atoms with Crippen molar-refractivity contribution < 1.29 is 4.42 Å². The highest BCUT2D eigenvalue weighted by Crippen LogP contribution is 2.19. The molecule has 0 aromatic carbocycles. The molecule has 2 aromatic heterocycles. The molecule has 100 valence electrons. The van der Waals surface area contributed by atoms with E-state index in [1.165, 1.54) is 18.4 Å². The third-order valence-electron chi connectivity index (χ3n) is 3.60. The molecule has 2 aromatic rings. The first-order valence-electron chi connectivity index (χ1n) is 6.81. The number of nitrogens with one attached hydrogen (secondary N) is 1. The fourth-order valence-corrected chi connectivity index (χ4v) is 2.39. The van der Waals surface area contributed by atoms with Gasteiger partial charge in [0, 0.05) is 13.1 Å². The summed E-state index contributed by atoms with van der Waals surface area (Å²) in [4.78, 5) is 6.85. The summed E-state index contributed by atoms with van der Waals surface area (Å²) in [6.07, 6.45) is 6.17. The Bertz CT molecular complexity index is 527. The van der Waals surface area contributed by atoms with Crippen molar-refractivity contribution >= 4 is 11.5 Å². The Morgan fingerprint density at radius 3 is 2.74 bits per heavy atom. The van der Waals surface area contributed by atoms with Crippen LogP contribution in [0.4, 0.5) is 11.5 Å². The molecule has 4 nitrogen and oxygen atoms in total. The van der Waals surface area contributed by atoms with Crippen molar-refractivity contribution in [1.29, 1.82) is 0 Å². The molecule has 1 aliphatic rings. The molecule has 4 heteroatoms. The van der Waals surface area contributed by atoms with Crippen molar-refractivity contribution in [2.75, 3.05) is 23.3 Å². The van der Waals surface area contributed by atoms with Crippen LogP contribution in [0, 0.1) is 6.92 Å². The Morgan fingerprint density at radius 2 is 2.11 bits per heavy atom. The van der Waals surface area contributed by atoms with Crippen LogP contribution in [0.5, 0.6) is 0 Å². The molecule has 0 bridgehead atoms. The van der Waals surface area contributed by atoms with E-state index in [0.717, 1.165) is 30.4 Å². The minimum atomic E-state index is 0.698. The van der Waals surface area contributed by atoms with Gasteiger partial charge in [-0.3, -0.25) is 0 Å². The Labute approximate surface area is 113 Å². The minimum absolute atomic E-state index is 0.698. The van der Waals surface area contributed by atoms with Gasteiger partial charge < -0.3 is 14.6 Å². The molecule has 1 saturated heterocycles. The lowest BCUT2D eigenvalue weighted by atomic mass is 10.3. The molecule has 0 amide bonds. The Hall–Kier alpha value is -1.97. The molecule has 1 aliphatic heterocycles. The summed E-state index contributed by atoms with van der Waals surface area (Å²) in [7, 11) is 0. The van der Waals surface area contributed by atoms with E-state index in [9.17, 15) is 0 Å². The van der Waals surface area contributed by atoms with Gasteiger partial charge in [-0.2, -0.15) is 0 Å². The second-order valence-corrected chi connectivity index (χ2v) is 4.98.